The fourth-order valence-corrected chi connectivity index (χ4v) is 1.19. The average Bonchev–Trinajstić information content (AvgIpc) is 1.60. The van der Waals surface area contributed by atoms with Crippen molar-refractivity contribution in [1.29, 1.82) is 0 Å². The standard InChI is InChI=1S/C7H15N/c1-6(8)7(2)4-3-5-7/h6H,3-5,8H2,1-2H3/t6-/m1/s1. The van der Waals surface area contributed by atoms with Gasteiger partial charge < -0.3 is 5.73 Å². The summed E-state index contributed by atoms with van der Waals surface area (Å²) in [5.41, 5.74) is 6.23. The monoisotopic (exact) mass is 113 g/mol. The zero-order valence-corrected chi connectivity index (χ0v) is 5.78. The first-order valence-electron chi connectivity index (χ1n) is 3.41. The predicted molar refractivity (Wildman–Crippen MR) is 35.6 cm³/mol. The molecule has 0 aromatic carbocycles. The lowest BCUT2D eigenvalue weighted by Crippen LogP contribution is -2.42. The van der Waals surface area contributed by atoms with Crippen LogP contribution in [0.15, 0.2) is 0 Å². The second-order valence-corrected chi connectivity index (χ2v) is 3.30. The van der Waals surface area contributed by atoms with Gasteiger partial charge in [0.1, 0.15) is 0 Å². The molecule has 1 rings (SSSR count). The number of hydrogen-bond donors (Lipinski definition) is 1. The van der Waals surface area contributed by atoms with E-state index in [0.717, 1.165) is 0 Å². The molecule has 48 valence electrons. The maximum absolute atomic E-state index is 5.73. The van der Waals surface area contributed by atoms with Crippen molar-refractivity contribution >= 4 is 0 Å². The minimum absolute atomic E-state index is 0.399. The summed E-state index contributed by atoms with van der Waals surface area (Å²) in [4.78, 5) is 0. The third kappa shape index (κ3) is 0.752. The summed E-state index contributed by atoms with van der Waals surface area (Å²) >= 11 is 0. The molecule has 1 saturated carbocycles. The van der Waals surface area contributed by atoms with Crippen LogP contribution in [-0.2, 0) is 0 Å². The largest absolute Gasteiger partial charge is 0.327 e. The fraction of sp³-hybridized carbons (Fsp3) is 1.00. The Morgan fingerprint density at radius 2 is 2.00 bits per heavy atom. The van der Waals surface area contributed by atoms with Crippen molar-refractivity contribution in [3.63, 3.8) is 0 Å². The normalized spacial score (nSPS) is 28.9. The molecule has 0 saturated heterocycles. The summed E-state index contributed by atoms with van der Waals surface area (Å²) < 4.78 is 0. The van der Waals surface area contributed by atoms with Gasteiger partial charge in [-0.2, -0.15) is 0 Å². The summed E-state index contributed by atoms with van der Waals surface area (Å²) in [6, 6.07) is 0.399. The molecule has 0 heterocycles. The first-order chi connectivity index (χ1) is 3.65. The van der Waals surface area contributed by atoms with E-state index in [4.69, 9.17) is 5.73 Å². The summed E-state index contributed by atoms with van der Waals surface area (Å²) in [5.74, 6) is 0. The Labute approximate surface area is 51.3 Å². The van der Waals surface area contributed by atoms with Crippen LogP contribution in [0.1, 0.15) is 33.1 Å². The molecule has 1 heteroatoms. The van der Waals surface area contributed by atoms with Crippen molar-refractivity contribution in [2.24, 2.45) is 11.1 Å². The molecule has 0 unspecified atom stereocenters. The van der Waals surface area contributed by atoms with Crippen LogP contribution >= 0.6 is 0 Å². The van der Waals surface area contributed by atoms with E-state index in [2.05, 4.69) is 13.8 Å². The topological polar surface area (TPSA) is 26.0 Å². The SMILES string of the molecule is C[C@@H](N)C1(C)CCC1. The molecule has 0 bridgehead atoms. The Kier molecular flexibility index (Phi) is 1.31. The lowest BCUT2D eigenvalue weighted by molar-refractivity contribution is 0.128. The van der Waals surface area contributed by atoms with Gasteiger partial charge in [0, 0.05) is 6.04 Å². The quantitative estimate of drug-likeness (QED) is 0.548. The third-order valence-electron chi connectivity index (χ3n) is 2.60. The molecule has 0 spiro atoms. The lowest BCUT2D eigenvalue weighted by atomic mass is 9.66. The molecule has 2 N–H and O–H groups in total. The molecule has 0 radical (unpaired) electrons. The van der Waals surface area contributed by atoms with E-state index in [1.807, 2.05) is 0 Å². The van der Waals surface area contributed by atoms with E-state index in [9.17, 15) is 0 Å². The Hall–Kier alpha value is -0.0400. The van der Waals surface area contributed by atoms with Gasteiger partial charge >= 0.3 is 0 Å². The highest BCUT2D eigenvalue weighted by molar-refractivity contribution is 4.89. The van der Waals surface area contributed by atoms with Crippen molar-refractivity contribution < 1.29 is 0 Å². The van der Waals surface area contributed by atoms with Crippen molar-refractivity contribution in [3.8, 4) is 0 Å². The number of rotatable bonds is 1. The summed E-state index contributed by atoms with van der Waals surface area (Å²) in [6.45, 7) is 4.39. The second kappa shape index (κ2) is 1.73. The zero-order chi connectivity index (χ0) is 6.20. The van der Waals surface area contributed by atoms with Crippen LogP contribution in [0, 0.1) is 5.41 Å². The van der Waals surface area contributed by atoms with E-state index < -0.39 is 0 Å². The van der Waals surface area contributed by atoms with Gasteiger partial charge in [-0.05, 0) is 25.2 Å². The van der Waals surface area contributed by atoms with E-state index in [-0.39, 0.29) is 0 Å². The van der Waals surface area contributed by atoms with Gasteiger partial charge in [0.25, 0.3) is 0 Å². The predicted octanol–water partition coefficient (Wildman–Crippen LogP) is 1.52. The molecular formula is C7H15N. The lowest BCUT2D eigenvalue weighted by Gasteiger charge is -2.41. The number of hydrogen-bond acceptors (Lipinski definition) is 1. The Morgan fingerprint density at radius 1 is 1.50 bits per heavy atom. The molecule has 1 aliphatic rings. The van der Waals surface area contributed by atoms with Gasteiger partial charge in [-0.15, -0.1) is 0 Å². The van der Waals surface area contributed by atoms with E-state index in [1.54, 1.807) is 0 Å². The molecule has 8 heavy (non-hydrogen) atoms. The maximum atomic E-state index is 5.73. The van der Waals surface area contributed by atoms with Crippen LogP contribution in [-0.4, -0.2) is 6.04 Å². The summed E-state index contributed by atoms with van der Waals surface area (Å²) in [7, 11) is 0. The van der Waals surface area contributed by atoms with Crippen molar-refractivity contribution in [1.82, 2.24) is 0 Å². The van der Waals surface area contributed by atoms with Crippen LogP contribution in [0.2, 0.25) is 0 Å². The molecule has 0 amide bonds. The fourth-order valence-electron chi connectivity index (χ4n) is 1.19. The Balaban J connectivity index is 2.41. The highest BCUT2D eigenvalue weighted by Gasteiger charge is 2.34. The van der Waals surface area contributed by atoms with Crippen LogP contribution in [0.25, 0.3) is 0 Å². The maximum Gasteiger partial charge on any atom is 0.00643 e. The van der Waals surface area contributed by atoms with Crippen molar-refractivity contribution in [2.45, 2.75) is 39.2 Å². The minimum Gasteiger partial charge on any atom is -0.327 e. The van der Waals surface area contributed by atoms with E-state index in [0.29, 0.717) is 11.5 Å². The molecular weight excluding hydrogens is 98.1 g/mol. The molecule has 1 aliphatic carbocycles. The highest BCUT2D eigenvalue weighted by Crippen LogP contribution is 2.42. The Bertz CT molecular complexity index is 82.4. The van der Waals surface area contributed by atoms with Gasteiger partial charge in [-0.3, -0.25) is 0 Å². The molecule has 1 nitrogen and oxygen atoms in total. The van der Waals surface area contributed by atoms with Gasteiger partial charge in [-0.25, -0.2) is 0 Å². The molecule has 0 aliphatic heterocycles. The first-order valence-corrected chi connectivity index (χ1v) is 3.41. The van der Waals surface area contributed by atoms with Crippen LogP contribution < -0.4 is 5.73 Å². The molecule has 1 atom stereocenters. The first kappa shape index (κ1) is 6.09. The third-order valence-corrected chi connectivity index (χ3v) is 2.60. The average molecular weight is 113 g/mol. The molecule has 1 fully saturated rings. The van der Waals surface area contributed by atoms with E-state index in [1.165, 1.54) is 19.3 Å². The number of nitrogens with two attached hydrogens (primary N) is 1. The summed E-state index contributed by atoms with van der Waals surface area (Å²) in [6.07, 6.45) is 4.06. The minimum atomic E-state index is 0.399. The smallest absolute Gasteiger partial charge is 0.00643 e. The van der Waals surface area contributed by atoms with Gasteiger partial charge in [-0.1, -0.05) is 13.3 Å². The van der Waals surface area contributed by atoms with Crippen LogP contribution in [0.5, 0.6) is 0 Å². The zero-order valence-electron chi connectivity index (χ0n) is 5.78. The highest BCUT2D eigenvalue weighted by atomic mass is 14.7. The second-order valence-electron chi connectivity index (χ2n) is 3.30. The Morgan fingerprint density at radius 3 is 2.00 bits per heavy atom. The van der Waals surface area contributed by atoms with E-state index >= 15 is 0 Å². The summed E-state index contributed by atoms with van der Waals surface area (Å²) in [5, 5.41) is 0. The van der Waals surface area contributed by atoms with Gasteiger partial charge in [0.15, 0.2) is 0 Å². The van der Waals surface area contributed by atoms with Crippen LogP contribution in [0.4, 0.5) is 0 Å². The van der Waals surface area contributed by atoms with Gasteiger partial charge in [0.05, 0.1) is 0 Å². The van der Waals surface area contributed by atoms with Crippen molar-refractivity contribution in [3.05, 3.63) is 0 Å². The molecule has 0 aromatic heterocycles. The van der Waals surface area contributed by atoms with Crippen molar-refractivity contribution in [2.75, 3.05) is 0 Å². The molecule has 0 aromatic rings. The van der Waals surface area contributed by atoms with Gasteiger partial charge in [0.2, 0.25) is 0 Å². The van der Waals surface area contributed by atoms with Crippen LogP contribution in [0.3, 0.4) is 0 Å².